The molecule has 0 heterocycles. The van der Waals surface area contributed by atoms with Gasteiger partial charge >= 0.3 is 0 Å². The number of carbonyl (C=O) groups is 1. The zero-order valence-electron chi connectivity index (χ0n) is 10.4. The van der Waals surface area contributed by atoms with Crippen molar-refractivity contribution in [1.29, 1.82) is 0 Å². The van der Waals surface area contributed by atoms with Gasteiger partial charge in [0.1, 0.15) is 11.9 Å². The van der Waals surface area contributed by atoms with Gasteiger partial charge in [0.25, 0.3) is 0 Å². The molecule has 1 fully saturated rings. The topological polar surface area (TPSA) is 44.8 Å². The number of halogens is 2. The fourth-order valence-electron chi connectivity index (χ4n) is 1.80. The van der Waals surface area contributed by atoms with E-state index in [-0.39, 0.29) is 11.9 Å². The van der Waals surface area contributed by atoms with Crippen molar-refractivity contribution in [2.24, 2.45) is 0 Å². The predicted octanol–water partition coefficient (Wildman–Crippen LogP) is 2.75. The van der Waals surface area contributed by atoms with Crippen LogP contribution in [-0.4, -0.2) is 38.3 Å². The van der Waals surface area contributed by atoms with Crippen molar-refractivity contribution in [3.05, 3.63) is 28.2 Å². The number of methoxy groups -OCH3 is 1. The van der Waals surface area contributed by atoms with Crippen molar-refractivity contribution >= 4 is 29.0 Å². The molecule has 0 bridgehead atoms. The van der Waals surface area contributed by atoms with Crippen LogP contribution in [0.3, 0.4) is 0 Å². The van der Waals surface area contributed by atoms with Crippen molar-refractivity contribution < 1.29 is 19.0 Å². The monoisotopic (exact) mass is 304 g/mol. The summed E-state index contributed by atoms with van der Waals surface area (Å²) in [6.45, 7) is 0.808. The maximum atomic E-state index is 11.5. The van der Waals surface area contributed by atoms with Crippen LogP contribution in [-0.2, 0) is 14.3 Å². The van der Waals surface area contributed by atoms with Gasteiger partial charge in [0.15, 0.2) is 11.9 Å². The molecule has 0 saturated heterocycles. The average molecular weight is 305 g/mol. The number of Topliss-reactive ketones (excluding diaryl/α,β-unsaturated/α-hetero) is 1. The largest absolute Gasteiger partial charge is 0.487 e. The molecule has 1 saturated carbocycles. The molecule has 2 atom stereocenters. The molecule has 1 aliphatic rings. The summed E-state index contributed by atoms with van der Waals surface area (Å²) < 4.78 is 15.9. The number of carbonyl (C=O) groups excluding carboxylic acids is 1. The second-order valence-electron chi connectivity index (χ2n) is 4.22. The Morgan fingerprint density at radius 1 is 1.21 bits per heavy atom. The summed E-state index contributed by atoms with van der Waals surface area (Å²) in [5.74, 6) is 0.574. The highest BCUT2D eigenvalue weighted by Crippen LogP contribution is 2.29. The van der Waals surface area contributed by atoms with Gasteiger partial charge in [-0.2, -0.15) is 0 Å². The molecular weight excluding hydrogens is 291 g/mol. The molecule has 0 radical (unpaired) electrons. The van der Waals surface area contributed by atoms with Crippen molar-refractivity contribution in [3.63, 3.8) is 0 Å². The molecular formula is C13H14Cl2O4. The van der Waals surface area contributed by atoms with Gasteiger partial charge in [0, 0.05) is 23.6 Å². The fourth-order valence-corrected chi connectivity index (χ4v) is 2.31. The van der Waals surface area contributed by atoms with Crippen LogP contribution in [0.1, 0.15) is 6.42 Å². The normalized spacial score (nSPS) is 22.2. The van der Waals surface area contributed by atoms with E-state index in [2.05, 4.69) is 0 Å². The zero-order chi connectivity index (χ0) is 13.8. The summed E-state index contributed by atoms with van der Waals surface area (Å²) in [6.07, 6.45) is -0.492. The Kier molecular flexibility index (Phi) is 5.05. The highest BCUT2D eigenvalue weighted by Gasteiger charge is 2.42. The van der Waals surface area contributed by atoms with E-state index < -0.39 is 6.10 Å². The van der Waals surface area contributed by atoms with E-state index in [1.165, 1.54) is 0 Å². The minimum Gasteiger partial charge on any atom is -0.487 e. The molecule has 1 aromatic rings. The van der Waals surface area contributed by atoms with Gasteiger partial charge in [0.2, 0.25) is 0 Å². The third kappa shape index (κ3) is 3.83. The molecule has 1 aliphatic carbocycles. The number of hydrogen-bond donors (Lipinski definition) is 0. The van der Waals surface area contributed by atoms with Crippen LogP contribution in [0.25, 0.3) is 0 Å². The van der Waals surface area contributed by atoms with Crippen LogP contribution in [0.5, 0.6) is 5.75 Å². The standard InChI is InChI=1S/C13H14Cl2O4/c1-17-2-3-18-13-11(16)7-12(13)19-10-5-8(14)4-9(15)6-10/h4-6,12-13H,2-3,7H2,1H3. The molecule has 4 nitrogen and oxygen atoms in total. The lowest BCUT2D eigenvalue weighted by Gasteiger charge is -2.34. The zero-order valence-corrected chi connectivity index (χ0v) is 11.9. The van der Waals surface area contributed by atoms with Gasteiger partial charge in [0.05, 0.1) is 13.2 Å². The first-order valence-electron chi connectivity index (χ1n) is 5.86. The molecule has 1 aromatic carbocycles. The van der Waals surface area contributed by atoms with E-state index in [9.17, 15) is 4.79 Å². The highest BCUT2D eigenvalue weighted by atomic mass is 35.5. The Balaban J connectivity index is 1.93. The summed E-state index contributed by atoms with van der Waals surface area (Å²) in [7, 11) is 1.58. The third-order valence-corrected chi connectivity index (χ3v) is 3.20. The van der Waals surface area contributed by atoms with E-state index in [0.717, 1.165) is 0 Å². The van der Waals surface area contributed by atoms with Crippen LogP contribution in [0, 0.1) is 0 Å². The van der Waals surface area contributed by atoms with E-state index in [1.807, 2.05) is 0 Å². The van der Waals surface area contributed by atoms with Crippen LogP contribution < -0.4 is 4.74 Å². The molecule has 0 aromatic heterocycles. The maximum absolute atomic E-state index is 11.5. The van der Waals surface area contributed by atoms with Gasteiger partial charge in [-0.05, 0) is 18.2 Å². The first kappa shape index (κ1) is 14.6. The lowest BCUT2D eigenvalue weighted by Crippen LogP contribution is -2.52. The Morgan fingerprint density at radius 3 is 2.47 bits per heavy atom. The summed E-state index contributed by atoms with van der Waals surface area (Å²) in [4.78, 5) is 11.5. The van der Waals surface area contributed by atoms with Crippen molar-refractivity contribution in [2.75, 3.05) is 20.3 Å². The summed E-state index contributed by atoms with van der Waals surface area (Å²) in [6, 6.07) is 4.93. The van der Waals surface area contributed by atoms with Gasteiger partial charge in [-0.15, -0.1) is 0 Å². The molecule has 0 N–H and O–H groups in total. The SMILES string of the molecule is COCCOC1C(=O)CC1Oc1cc(Cl)cc(Cl)c1. The van der Waals surface area contributed by atoms with Gasteiger partial charge in [-0.3, -0.25) is 4.79 Å². The third-order valence-electron chi connectivity index (χ3n) is 2.77. The van der Waals surface area contributed by atoms with Crippen LogP contribution in [0.2, 0.25) is 10.0 Å². The van der Waals surface area contributed by atoms with E-state index in [4.69, 9.17) is 37.4 Å². The lowest BCUT2D eigenvalue weighted by atomic mass is 9.90. The van der Waals surface area contributed by atoms with Gasteiger partial charge in [-0.1, -0.05) is 23.2 Å². The summed E-state index contributed by atoms with van der Waals surface area (Å²) in [5, 5.41) is 0.981. The van der Waals surface area contributed by atoms with Crippen LogP contribution in [0.4, 0.5) is 0 Å². The second kappa shape index (κ2) is 6.57. The maximum Gasteiger partial charge on any atom is 0.169 e. The molecule has 104 valence electrons. The summed E-state index contributed by atoms with van der Waals surface area (Å²) >= 11 is 11.8. The minimum atomic E-state index is -0.534. The van der Waals surface area contributed by atoms with Gasteiger partial charge < -0.3 is 14.2 Å². The Bertz CT molecular complexity index is 444. The number of rotatable bonds is 6. The minimum absolute atomic E-state index is 0.0363. The van der Waals surface area contributed by atoms with Crippen molar-refractivity contribution in [3.8, 4) is 5.75 Å². The van der Waals surface area contributed by atoms with E-state index in [0.29, 0.717) is 35.4 Å². The van der Waals surface area contributed by atoms with Crippen LogP contribution >= 0.6 is 23.2 Å². The first-order chi connectivity index (χ1) is 9.10. The molecule has 2 unspecified atom stereocenters. The quantitative estimate of drug-likeness (QED) is 0.758. The molecule has 0 spiro atoms. The Hall–Kier alpha value is -0.810. The molecule has 0 amide bonds. The molecule has 2 rings (SSSR count). The Morgan fingerprint density at radius 2 is 1.89 bits per heavy atom. The smallest absolute Gasteiger partial charge is 0.169 e. The predicted molar refractivity (Wildman–Crippen MR) is 72.1 cm³/mol. The molecule has 19 heavy (non-hydrogen) atoms. The van der Waals surface area contributed by atoms with E-state index in [1.54, 1.807) is 25.3 Å². The average Bonchev–Trinajstić information content (AvgIpc) is 2.33. The summed E-state index contributed by atoms with van der Waals surface area (Å²) in [5.41, 5.74) is 0. The Labute approximate surface area is 121 Å². The highest BCUT2D eigenvalue weighted by molar-refractivity contribution is 6.34. The van der Waals surface area contributed by atoms with Crippen LogP contribution in [0.15, 0.2) is 18.2 Å². The number of ketones is 1. The number of ether oxygens (including phenoxy) is 3. The number of benzene rings is 1. The number of hydrogen-bond acceptors (Lipinski definition) is 4. The van der Waals surface area contributed by atoms with Crippen molar-refractivity contribution in [1.82, 2.24) is 0 Å². The lowest BCUT2D eigenvalue weighted by molar-refractivity contribution is -0.156. The first-order valence-corrected chi connectivity index (χ1v) is 6.62. The van der Waals surface area contributed by atoms with Crippen molar-refractivity contribution in [2.45, 2.75) is 18.6 Å². The fraction of sp³-hybridized carbons (Fsp3) is 0.462. The molecule has 0 aliphatic heterocycles. The molecule has 6 heteroatoms. The van der Waals surface area contributed by atoms with Gasteiger partial charge in [-0.25, -0.2) is 0 Å². The second-order valence-corrected chi connectivity index (χ2v) is 5.09. The van der Waals surface area contributed by atoms with E-state index >= 15 is 0 Å².